The quantitative estimate of drug-likeness (QED) is 0.552. The molecule has 4 aromatic rings. The van der Waals surface area contributed by atoms with Crippen LogP contribution in [0.5, 0.6) is 0 Å². The fraction of sp³-hybridized carbons (Fsp3) is 0.238. The molecule has 0 saturated heterocycles. The SMILES string of the molecule is Cc1ccc([C@@H](Cc2ccsc2)NCc2nc3ccccc3n2C)nc1. The highest BCUT2D eigenvalue weighted by Gasteiger charge is 2.15. The number of rotatable bonds is 6. The fourth-order valence-electron chi connectivity index (χ4n) is 3.18. The van der Waals surface area contributed by atoms with Gasteiger partial charge in [-0.1, -0.05) is 18.2 Å². The second kappa shape index (κ2) is 7.40. The number of imidazole rings is 1. The molecule has 0 aliphatic carbocycles. The lowest BCUT2D eigenvalue weighted by atomic mass is 10.0. The Balaban J connectivity index is 1.57. The molecule has 1 atom stereocenters. The Kier molecular flexibility index (Phi) is 4.82. The van der Waals surface area contributed by atoms with Crippen LogP contribution in [-0.4, -0.2) is 14.5 Å². The molecule has 4 rings (SSSR count). The number of aryl methyl sites for hydroxylation is 2. The number of thiophene rings is 1. The standard InChI is InChI=1S/C21H22N4S/c1-15-7-8-17(22-12-15)19(11-16-9-10-26-14-16)23-13-21-24-18-5-3-4-6-20(18)25(21)2/h3-10,12,14,19,23H,11,13H2,1-2H3/t19-/m1/s1. The number of hydrogen-bond donors (Lipinski definition) is 1. The maximum atomic E-state index is 4.77. The summed E-state index contributed by atoms with van der Waals surface area (Å²) in [5.41, 5.74) is 5.78. The summed E-state index contributed by atoms with van der Waals surface area (Å²) in [4.78, 5) is 9.42. The Labute approximate surface area is 157 Å². The van der Waals surface area contributed by atoms with Gasteiger partial charge in [-0.05, 0) is 59.5 Å². The first-order valence-electron chi connectivity index (χ1n) is 8.78. The van der Waals surface area contributed by atoms with Crippen molar-refractivity contribution in [3.05, 3.63) is 82.1 Å². The molecule has 0 fully saturated rings. The molecule has 1 N–H and O–H groups in total. The average Bonchev–Trinajstić information content (AvgIpc) is 3.28. The highest BCUT2D eigenvalue weighted by Crippen LogP contribution is 2.20. The lowest BCUT2D eigenvalue weighted by Crippen LogP contribution is -2.25. The molecule has 0 unspecified atom stereocenters. The van der Waals surface area contributed by atoms with Crippen LogP contribution in [0.4, 0.5) is 0 Å². The van der Waals surface area contributed by atoms with Crippen molar-refractivity contribution in [3.8, 4) is 0 Å². The number of fused-ring (bicyclic) bond motifs is 1. The van der Waals surface area contributed by atoms with Gasteiger partial charge in [-0.3, -0.25) is 4.98 Å². The minimum Gasteiger partial charge on any atom is -0.330 e. The highest BCUT2D eigenvalue weighted by atomic mass is 32.1. The van der Waals surface area contributed by atoms with Crippen LogP contribution in [0.2, 0.25) is 0 Å². The Hall–Kier alpha value is -2.50. The Morgan fingerprint density at radius 1 is 1.15 bits per heavy atom. The van der Waals surface area contributed by atoms with Crippen LogP contribution in [-0.2, 0) is 20.0 Å². The molecule has 26 heavy (non-hydrogen) atoms. The molecule has 0 aliphatic heterocycles. The van der Waals surface area contributed by atoms with Gasteiger partial charge in [-0.15, -0.1) is 0 Å². The molecule has 4 nitrogen and oxygen atoms in total. The fourth-order valence-corrected chi connectivity index (χ4v) is 3.86. The smallest absolute Gasteiger partial charge is 0.123 e. The number of hydrogen-bond acceptors (Lipinski definition) is 4. The zero-order valence-corrected chi connectivity index (χ0v) is 15.8. The molecule has 1 aromatic carbocycles. The second-order valence-electron chi connectivity index (χ2n) is 6.61. The van der Waals surface area contributed by atoms with Crippen LogP contribution in [0.3, 0.4) is 0 Å². The molecule has 3 aromatic heterocycles. The number of nitrogens with zero attached hydrogens (tertiary/aromatic N) is 3. The van der Waals surface area contributed by atoms with E-state index in [4.69, 9.17) is 4.98 Å². The summed E-state index contributed by atoms with van der Waals surface area (Å²) < 4.78 is 2.16. The third kappa shape index (κ3) is 3.54. The number of nitrogens with one attached hydrogen (secondary N) is 1. The van der Waals surface area contributed by atoms with E-state index in [-0.39, 0.29) is 6.04 Å². The van der Waals surface area contributed by atoms with Gasteiger partial charge in [0.05, 0.1) is 29.3 Å². The van der Waals surface area contributed by atoms with Crippen LogP contribution in [0.15, 0.2) is 59.4 Å². The number of pyridine rings is 1. The van der Waals surface area contributed by atoms with E-state index in [1.165, 1.54) is 11.1 Å². The zero-order valence-electron chi connectivity index (χ0n) is 15.0. The van der Waals surface area contributed by atoms with Crippen molar-refractivity contribution in [2.45, 2.75) is 25.9 Å². The van der Waals surface area contributed by atoms with Crippen molar-refractivity contribution >= 4 is 22.4 Å². The van der Waals surface area contributed by atoms with E-state index in [9.17, 15) is 0 Å². The van der Waals surface area contributed by atoms with E-state index >= 15 is 0 Å². The number of para-hydroxylation sites is 2. The van der Waals surface area contributed by atoms with Gasteiger partial charge in [0.2, 0.25) is 0 Å². The third-order valence-electron chi connectivity index (χ3n) is 4.70. The van der Waals surface area contributed by atoms with Gasteiger partial charge >= 0.3 is 0 Å². The van der Waals surface area contributed by atoms with E-state index < -0.39 is 0 Å². The van der Waals surface area contributed by atoms with E-state index in [2.05, 4.69) is 76.0 Å². The van der Waals surface area contributed by atoms with Crippen molar-refractivity contribution in [2.24, 2.45) is 7.05 Å². The molecule has 5 heteroatoms. The maximum absolute atomic E-state index is 4.77. The van der Waals surface area contributed by atoms with Crippen LogP contribution >= 0.6 is 11.3 Å². The summed E-state index contributed by atoms with van der Waals surface area (Å²) >= 11 is 1.73. The summed E-state index contributed by atoms with van der Waals surface area (Å²) in [6.07, 6.45) is 2.86. The van der Waals surface area contributed by atoms with Crippen molar-refractivity contribution in [3.63, 3.8) is 0 Å². The molecule has 0 amide bonds. The van der Waals surface area contributed by atoms with Crippen molar-refractivity contribution < 1.29 is 0 Å². The Morgan fingerprint density at radius 3 is 2.77 bits per heavy atom. The molecule has 3 heterocycles. The molecule has 132 valence electrons. The summed E-state index contributed by atoms with van der Waals surface area (Å²) in [7, 11) is 2.07. The van der Waals surface area contributed by atoms with Gasteiger partial charge in [0.15, 0.2) is 0 Å². The molecular formula is C21H22N4S. The molecular weight excluding hydrogens is 340 g/mol. The van der Waals surface area contributed by atoms with Gasteiger partial charge < -0.3 is 9.88 Å². The van der Waals surface area contributed by atoms with Crippen molar-refractivity contribution in [1.82, 2.24) is 19.9 Å². The van der Waals surface area contributed by atoms with Gasteiger partial charge in [0.25, 0.3) is 0 Å². The van der Waals surface area contributed by atoms with Gasteiger partial charge in [-0.2, -0.15) is 11.3 Å². The first-order chi connectivity index (χ1) is 12.7. The number of aromatic nitrogens is 3. The van der Waals surface area contributed by atoms with Gasteiger partial charge in [0, 0.05) is 13.2 Å². The van der Waals surface area contributed by atoms with Crippen LogP contribution in [0.1, 0.15) is 28.7 Å². The molecule has 0 aliphatic rings. The topological polar surface area (TPSA) is 42.7 Å². The van der Waals surface area contributed by atoms with Gasteiger partial charge in [0.1, 0.15) is 5.82 Å². The predicted octanol–water partition coefficient (Wildman–Crippen LogP) is 4.41. The molecule has 0 bridgehead atoms. The minimum atomic E-state index is 0.157. The van der Waals surface area contributed by atoms with Crippen LogP contribution < -0.4 is 5.32 Å². The van der Waals surface area contributed by atoms with E-state index in [1.54, 1.807) is 11.3 Å². The lowest BCUT2D eigenvalue weighted by molar-refractivity contribution is 0.503. The minimum absolute atomic E-state index is 0.157. The van der Waals surface area contributed by atoms with Crippen molar-refractivity contribution in [2.75, 3.05) is 0 Å². The summed E-state index contributed by atoms with van der Waals surface area (Å²) in [5.74, 6) is 1.04. The van der Waals surface area contributed by atoms with E-state index in [1.807, 2.05) is 12.3 Å². The maximum Gasteiger partial charge on any atom is 0.123 e. The molecule has 0 saturated carbocycles. The average molecular weight is 363 g/mol. The second-order valence-corrected chi connectivity index (χ2v) is 7.39. The van der Waals surface area contributed by atoms with Crippen LogP contribution in [0, 0.1) is 6.92 Å². The first-order valence-corrected chi connectivity index (χ1v) is 9.72. The predicted molar refractivity (Wildman–Crippen MR) is 107 cm³/mol. The van der Waals surface area contributed by atoms with Crippen LogP contribution in [0.25, 0.3) is 11.0 Å². The first kappa shape index (κ1) is 16.9. The van der Waals surface area contributed by atoms with E-state index in [0.29, 0.717) is 6.54 Å². The highest BCUT2D eigenvalue weighted by molar-refractivity contribution is 7.07. The largest absolute Gasteiger partial charge is 0.330 e. The lowest BCUT2D eigenvalue weighted by Gasteiger charge is -2.18. The summed E-state index contributed by atoms with van der Waals surface area (Å²) in [5, 5.41) is 8.00. The Morgan fingerprint density at radius 2 is 2.04 bits per heavy atom. The molecule has 0 radical (unpaired) electrons. The Bertz CT molecular complexity index is 987. The van der Waals surface area contributed by atoms with Gasteiger partial charge in [-0.25, -0.2) is 4.98 Å². The molecule has 0 spiro atoms. The third-order valence-corrected chi connectivity index (χ3v) is 5.43. The zero-order chi connectivity index (χ0) is 17.9. The van der Waals surface area contributed by atoms with Crippen molar-refractivity contribution in [1.29, 1.82) is 0 Å². The summed E-state index contributed by atoms with van der Waals surface area (Å²) in [6.45, 7) is 2.77. The normalized spacial score (nSPS) is 12.5. The summed E-state index contributed by atoms with van der Waals surface area (Å²) in [6, 6.07) is 14.8. The van der Waals surface area contributed by atoms with E-state index in [0.717, 1.165) is 29.0 Å². The monoisotopic (exact) mass is 362 g/mol. The number of benzene rings is 1.